The summed E-state index contributed by atoms with van der Waals surface area (Å²) in [4.78, 5) is 189. The minimum Gasteiger partial charge on any atom is -0.370 e. The molecule has 0 unspecified atom stereocenters. The molecule has 0 aliphatic heterocycles. The van der Waals surface area contributed by atoms with Crippen LogP contribution in [-0.2, 0) is 64.0 Å². The van der Waals surface area contributed by atoms with Crippen LogP contribution in [0.2, 0.25) is 0 Å². The summed E-state index contributed by atoms with van der Waals surface area (Å²) < 4.78 is 0. The summed E-state index contributed by atoms with van der Waals surface area (Å²) in [6, 6.07) is -8.06. The number of amides is 12. The first-order valence-corrected chi connectivity index (χ1v) is 37.3. The van der Waals surface area contributed by atoms with Gasteiger partial charge in [-0.3, -0.25) is 77.5 Å². The van der Waals surface area contributed by atoms with Crippen LogP contribution in [0.5, 0.6) is 0 Å². The maximum Gasteiger partial charge on any atom is 0.243 e. The van der Waals surface area contributed by atoms with Gasteiger partial charge >= 0.3 is 0 Å². The highest BCUT2D eigenvalue weighted by Crippen LogP contribution is 2.21. The second-order valence-electron chi connectivity index (χ2n) is 29.0. The topological polar surface area (TPSA) is 663 Å². The molecule has 0 spiro atoms. The first-order valence-electron chi connectivity index (χ1n) is 37.3. The molecule has 2 aromatic rings. The van der Waals surface area contributed by atoms with Crippen LogP contribution in [0.15, 0.2) is 50.4 Å². The summed E-state index contributed by atoms with van der Waals surface area (Å²) in [5.74, 6) is -13.3. The molecule has 12 amide bonds. The van der Waals surface area contributed by atoms with Gasteiger partial charge in [-0.25, -0.2) is 0 Å². The number of para-hydroxylation sites is 1. The van der Waals surface area contributed by atoms with Crippen molar-refractivity contribution in [3.8, 4) is 0 Å². The number of H-pyrrole nitrogens is 1. The van der Waals surface area contributed by atoms with Gasteiger partial charge in [0.05, 0.1) is 6.04 Å². The standard InChI is InChI=1S/C71H126N26O12/c1-14-39(11)54(66(108)90-48(27-21-31-85-71(80)81)59(101)93-51(36(5)6)63(105)87-41(13)57(99)88-46(56(73)98)25-19-29-83-69(76)77)97-65(107)53(38(9)10)94-64(106)52(37(7)8)95-67(109)55(40(12)15-2)96-60(102)47(26-20-30-84-70(78)79)89-62(104)50(33-42-34-86-45-24-17-16-22-43(42)45)92-61(103)49(32-35(3)4)91-58(100)44(72)23-18-28-82-68(74)75/h16-17,22,24,34-41,44,46-55,86H,14-15,18-21,23,25-33,72H2,1-13H3,(H2,73,98)(H,87,105)(H,88,99)(H,89,104)(H,90,108)(H,91,100)(H,92,103)(H,93,101)(H,94,106)(H,95,109)(H,96,102)(H,97,107)(H4,74,75,82)(H4,76,77,83)(H4,78,79,84)(H4,80,81,85)/t39-,40-,41-,44-,46-,47-,48-,49-,50-,51-,52-,53-,54-,55-/m0/s1. The number of aromatic amines is 1. The van der Waals surface area contributed by atoms with Crippen molar-refractivity contribution in [1.82, 2.24) is 63.5 Å². The molecule has 38 nitrogen and oxygen atoms in total. The number of nitrogens with zero attached hydrogens (tertiary/aromatic N) is 4. The number of aliphatic imine (C=N–C) groups is 4. The molecule has 0 fully saturated rings. The Labute approximate surface area is 638 Å². The molecule has 14 atom stereocenters. The zero-order valence-corrected chi connectivity index (χ0v) is 65.6. The predicted molar refractivity (Wildman–Crippen MR) is 419 cm³/mol. The van der Waals surface area contributed by atoms with Crippen LogP contribution in [0, 0.1) is 35.5 Å². The molecule has 0 aliphatic rings. The minimum absolute atomic E-state index is 0.0262. The van der Waals surface area contributed by atoms with Gasteiger partial charge in [-0.15, -0.1) is 0 Å². The van der Waals surface area contributed by atoms with Gasteiger partial charge in [-0.1, -0.05) is 114 Å². The van der Waals surface area contributed by atoms with E-state index in [4.69, 9.17) is 57.3 Å². The number of fused-ring (bicyclic) bond motifs is 1. The average molecular weight is 1540 g/mol. The molecule has 1 heterocycles. The predicted octanol–water partition coefficient (Wildman–Crippen LogP) is -3.80. The van der Waals surface area contributed by atoms with Crippen LogP contribution in [0.1, 0.15) is 166 Å². The van der Waals surface area contributed by atoms with E-state index in [0.717, 1.165) is 10.9 Å². The Balaban J connectivity index is 2.53. The number of guanidine groups is 4. The van der Waals surface area contributed by atoms with E-state index in [1.54, 1.807) is 75.4 Å². The highest BCUT2D eigenvalue weighted by Gasteiger charge is 2.40. The van der Waals surface area contributed by atoms with Gasteiger partial charge in [0.25, 0.3) is 0 Å². The second kappa shape index (κ2) is 48.0. The maximum atomic E-state index is 14.9. The van der Waals surface area contributed by atoms with E-state index < -0.39 is 173 Å². The van der Waals surface area contributed by atoms with E-state index in [0.29, 0.717) is 24.8 Å². The van der Waals surface area contributed by atoms with E-state index in [-0.39, 0.29) is 114 Å². The van der Waals surface area contributed by atoms with Crippen molar-refractivity contribution in [3.63, 3.8) is 0 Å². The summed E-state index contributed by atoms with van der Waals surface area (Å²) in [6.45, 7) is 22.3. The molecule has 38 heteroatoms. The number of primary amides is 1. The Morgan fingerprint density at radius 1 is 0.376 bits per heavy atom. The van der Waals surface area contributed by atoms with Gasteiger partial charge in [-0.2, -0.15) is 0 Å². The third kappa shape index (κ3) is 34.1. The molecule has 612 valence electrons. The highest BCUT2D eigenvalue weighted by molar-refractivity contribution is 6.00. The first kappa shape index (κ1) is 94.5. The van der Waals surface area contributed by atoms with Crippen LogP contribution in [-0.4, -0.2) is 198 Å². The van der Waals surface area contributed by atoms with Gasteiger partial charge in [0.15, 0.2) is 23.8 Å². The number of carbonyl (C=O) groups is 12. The van der Waals surface area contributed by atoms with Crippen molar-refractivity contribution in [2.24, 2.45) is 113 Å². The monoisotopic (exact) mass is 1540 g/mol. The zero-order valence-electron chi connectivity index (χ0n) is 65.6. The van der Waals surface area contributed by atoms with Crippen LogP contribution < -0.4 is 116 Å². The molecule has 1 aromatic carbocycles. The smallest absolute Gasteiger partial charge is 0.243 e. The Morgan fingerprint density at radius 2 is 0.706 bits per heavy atom. The summed E-state index contributed by atoms with van der Waals surface area (Å²) in [5, 5.41) is 30.8. The van der Waals surface area contributed by atoms with Crippen LogP contribution in [0.3, 0.4) is 0 Å². The van der Waals surface area contributed by atoms with E-state index in [9.17, 15) is 57.5 Å². The second-order valence-corrected chi connectivity index (χ2v) is 29.0. The molecule has 0 aliphatic carbocycles. The largest absolute Gasteiger partial charge is 0.370 e. The van der Waals surface area contributed by atoms with Crippen LogP contribution in [0.25, 0.3) is 10.9 Å². The molecule has 32 N–H and O–H groups in total. The molecule has 0 radical (unpaired) electrons. The van der Waals surface area contributed by atoms with Crippen molar-refractivity contribution in [1.29, 1.82) is 0 Å². The normalized spacial score (nSPS) is 15.1. The van der Waals surface area contributed by atoms with Crippen molar-refractivity contribution in [3.05, 3.63) is 36.0 Å². The number of carbonyl (C=O) groups excluding carboxylic acids is 12. The zero-order chi connectivity index (χ0) is 82.5. The number of hydrogen-bond acceptors (Lipinski definition) is 17. The van der Waals surface area contributed by atoms with Crippen molar-refractivity contribution in [2.75, 3.05) is 26.2 Å². The van der Waals surface area contributed by atoms with Gasteiger partial charge in [0, 0.05) is 49.7 Å². The lowest BCUT2D eigenvalue weighted by Crippen LogP contribution is -2.63. The number of aromatic nitrogens is 1. The summed E-state index contributed by atoms with van der Waals surface area (Å²) in [6.07, 6.45) is 3.43. The number of benzene rings is 1. The fourth-order valence-electron chi connectivity index (χ4n) is 11.4. The molecule has 1 aromatic heterocycles. The molecular formula is C71H126N26O12. The van der Waals surface area contributed by atoms with Gasteiger partial charge in [0.1, 0.15) is 66.5 Å². The maximum absolute atomic E-state index is 14.9. The Kier molecular flexibility index (Phi) is 41.6. The average Bonchev–Trinajstić information content (AvgIpc) is 1.76. The van der Waals surface area contributed by atoms with Gasteiger partial charge in [0.2, 0.25) is 70.9 Å². The third-order valence-electron chi connectivity index (χ3n) is 18.2. The number of nitrogens with two attached hydrogens (primary N) is 10. The lowest BCUT2D eigenvalue weighted by atomic mass is 9.94. The molecule has 109 heavy (non-hydrogen) atoms. The Morgan fingerprint density at radius 3 is 1.13 bits per heavy atom. The van der Waals surface area contributed by atoms with Gasteiger partial charge < -0.3 is 121 Å². The first-order chi connectivity index (χ1) is 51.1. The lowest BCUT2D eigenvalue weighted by Gasteiger charge is -2.32. The van der Waals surface area contributed by atoms with Crippen molar-refractivity contribution >= 4 is 106 Å². The number of nitrogens with one attached hydrogen (secondary N) is 12. The van der Waals surface area contributed by atoms with E-state index in [2.05, 4.69) is 83.4 Å². The fourth-order valence-corrected chi connectivity index (χ4v) is 11.4. The highest BCUT2D eigenvalue weighted by atomic mass is 16.2. The Hall–Kier alpha value is -10.6. The van der Waals surface area contributed by atoms with Crippen LogP contribution >= 0.6 is 0 Å². The molecular weight excluding hydrogens is 1410 g/mol. The lowest BCUT2D eigenvalue weighted by molar-refractivity contribution is -0.138. The quantitative estimate of drug-likeness (QED) is 0.0172. The molecule has 0 saturated carbocycles. The van der Waals surface area contributed by atoms with Crippen LogP contribution in [0.4, 0.5) is 0 Å². The summed E-state index contributed by atoms with van der Waals surface area (Å²) >= 11 is 0. The summed E-state index contributed by atoms with van der Waals surface area (Å²) in [5.41, 5.74) is 57.3. The third-order valence-corrected chi connectivity index (χ3v) is 18.2. The molecule has 0 saturated heterocycles. The van der Waals surface area contributed by atoms with Gasteiger partial charge in [-0.05, 0) is 112 Å². The fraction of sp³-hybridized carbons (Fsp3) is 0.662. The SMILES string of the molecule is CC[C@H](C)[C@H](NC(=O)[C@H](CCCN=C(N)N)NC(=O)[C@H](Cc1c[nH]c2ccccc12)NC(=O)[C@H](CC(C)C)NC(=O)[C@@H](N)CCCN=C(N)N)C(=O)N[C@H](C(=O)N[C@H](C(=O)N[C@H](C(=O)N[C@@H](CCCN=C(N)N)C(=O)N[C@H](C(=O)N[C@@H](C)C(=O)N[C@@H](CCCN=C(N)N)C(N)=O)C(C)C)[C@@H](C)CC)C(C)C)C(C)C. The summed E-state index contributed by atoms with van der Waals surface area (Å²) in [7, 11) is 0. The minimum atomic E-state index is -1.40. The number of hydrogen-bond donors (Lipinski definition) is 22. The van der Waals surface area contributed by atoms with E-state index in [1.165, 1.54) is 6.92 Å². The van der Waals surface area contributed by atoms with Crippen molar-refractivity contribution in [2.45, 2.75) is 240 Å². The Bertz CT molecular complexity index is 3450. The molecule has 2 rings (SSSR count). The van der Waals surface area contributed by atoms with E-state index in [1.807, 2.05) is 38.1 Å². The molecule has 0 bridgehead atoms. The number of rotatable bonds is 50. The van der Waals surface area contributed by atoms with Crippen molar-refractivity contribution < 1.29 is 57.5 Å². The van der Waals surface area contributed by atoms with E-state index >= 15 is 0 Å².